The minimum absolute atomic E-state index is 0.0472. The first-order chi connectivity index (χ1) is 11.7. The first-order valence-electron chi connectivity index (χ1n) is 6.62. The number of nitrogens with one attached hydrogen (secondary N) is 1. The second-order valence-electron chi connectivity index (χ2n) is 4.66. The molecule has 25 heavy (non-hydrogen) atoms. The molecule has 1 heterocycles. The highest BCUT2D eigenvalue weighted by Crippen LogP contribution is 2.33. The van der Waals surface area contributed by atoms with Gasteiger partial charge in [0, 0.05) is 6.20 Å². The van der Waals surface area contributed by atoms with Gasteiger partial charge >= 0.3 is 12.1 Å². The van der Waals surface area contributed by atoms with Gasteiger partial charge in [-0.2, -0.15) is 13.2 Å². The molecule has 0 saturated heterocycles. The maximum absolute atomic E-state index is 12.7. The summed E-state index contributed by atoms with van der Waals surface area (Å²) in [6.07, 6.45) is -3.23. The minimum atomic E-state index is -4.59. The predicted octanol–water partition coefficient (Wildman–Crippen LogP) is 4.20. The molecule has 2 rings (SSSR count). The molecule has 132 valence electrons. The highest BCUT2D eigenvalue weighted by Gasteiger charge is 2.31. The topological polar surface area (TPSA) is 68.3 Å². The van der Waals surface area contributed by atoms with E-state index in [2.05, 4.69) is 10.3 Å². The number of rotatable bonds is 4. The number of hydrogen-bond donors (Lipinski definition) is 1. The molecule has 0 atom stereocenters. The number of hydrogen-bond acceptors (Lipinski definition) is 4. The molecule has 2 aromatic rings. The summed E-state index contributed by atoms with van der Waals surface area (Å²) in [6, 6.07) is 5.26. The van der Waals surface area contributed by atoms with Gasteiger partial charge in [0.15, 0.2) is 6.61 Å². The molecule has 0 unspecified atom stereocenters. The Morgan fingerprint density at radius 2 is 1.92 bits per heavy atom. The molecular weight excluding hydrogens is 384 g/mol. The fraction of sp³-hybridized carbons (Fsp3) is 0.133. The van der Waals surface area contributed by atoms with Gasteiger partial charge in [0.05, 0.1) is 21.8 Å². The van der Waals surface area contributed by atoms with Gasteiger partial charge in [-0.3, -0.25) is 4.79 Å². The number of benzene rings is 1. The third-order valence-electron chi connectivity index (χ3n) is 2.88. The molecule has 10 heteroatoms. The number of ether oxygens (including phenoxy) is 1. The van der Waals surface area contributed by atoms with Gasteiger partial charge in [0.2, 0.25) is 0 Å². The quantitative estimate of drug-likeness (QED) is 0.625. The van der Waals surface area contributed by atoms with Gasteiger partial charge in [0.1, 0.15) is 5.15 Å². The molecule has 0 fully saturated rings. The summed E-state index contributed by atoms with van der Waals surface area (Å²) < 4.78 is 42.8. The van der Waals surface area contributed by atoms with Crippen molar-refractivity contribution in [3.63, 3.8) is 0 Å². The van der Waals surface area contributed by atoms with Crippen LogP contribution in [-0.4, -0.2) is 23.5 Å². The average molecular weight is 393 g/mol. The van der Waals surface area contributed by atoms with Gasteiger partial charge in [0.25, 0.3) is 5.91 Å². The maximum Gasteiger partial charge on any atom is 0.416 e. The van der Waals surface area contributed by atoms with Crippen LogP contribution in [0.5, 0.6) is 0 Å². The molecule has 1 amide bonds. The minimum Gasteiger partial charge on any atom is -0.452 e. The predicted molar refractivity (Wildman–Crippen MR) is 84.6 cm³/mol. The summed E-state index contributed by atoms with van der Waals surface area (Å²) >= 11 is 11.5. The average Bonchev–Trinajstić information content (AvgIpc) is 2.54. The number of carbonyl (C=O) groups is 2. The number of carbonyl (C=O) groups excluding carboxylic acids is 2. The van der Waals surface area contributed by atoms with E-state index in [9.17, 15) is 22.8 Å². The third-order valence-corrected chi connectivity index (χ3v) is 3.51. The van der Waals surface area contributed by atoms with E-state index in [-0.39, 0.29) is 21.4 Å². The van der Waals surface area contributed by atoms with Crippen LogP contribution in [0.3, 0.4) is 0 Å². The zero-order valence-electron chi connectivity index (χ0n) is 12.2. The molecule has 0 saturated carbocycles. The van der Waals surface area contributed by atoms with Crippen LogP contribution in [0.4, 0.5) is 18.9 Å². The Morgan fingerprint density at radius 3 is 2.56 bits per heavy atom. The second kappa shape index (κ2) is 7.71. The SMILES string of the molecule is O=C(COC(=O)c1cccnc1Cl)Nc1cc(C(F)(F)F)ccc1Cl. The Morgan fingerprint density at radius 1 is 1.20 bits per heavy atom. The zero-order chi connectivity index (χ0) is 18.6. The molecule has 0 spiro atoms. The monoisotopic (exact) mass is 392 g/mol. The number of halogens is 5. The largest absolute Gasteiger partial charge is 0.452 e. The number of nitrogens with zero attached hydrogens (tertiary/aromatic N) is 1. The number of pyridine rings is 1. The van der Waals surface area contributed by atoms with E-state index in [1.54, 1.807) is 0 Å². The van der Waals surface area contributed by atoms with Crippen LogP contribution in [-0.2, 0) is 15.7 Å². The Hall–Kier alpha value is -2.32. The van der Waals surface area contributed by atoms with Crippen LogP contribution in [0.25, 0.3) is 0 Å². The summed E-state index contributed by atoms with van der Waals surface area (Å²) in [4.78, 5) is 27.2. The number of anilines is 1. The summed E-state index contributed by atoms with van der Waals surface area (Å²) in [5.41, 5.74) is -1.28. The maximum atomic E-state index is 12.7. The molecular formula is C15H9Cl2F3N2O3. The molecule has 0 aliphatic heterocycles. The number of amides is 1. The Bertz CT molecular complexity index is 813. The van der Waals surface area contributed by atoms with E-state index >= 15 is 0 Å². The van der Waals surface area contributed by atoms with Crippen molar-refractivity contribution in [2.24, 2.45) is 0 Å². The van der Waals surface area contributed by atoms with E-state index in [1.807, 2.05) is 0 Å². The lowest BCUT2D eigenvalue weighted by molar-refractivity contribution is -0.137. The van der Waals surface area contributed by atoms with Crippen LogP contribution >= 0.6 is 23.2 Å². The molecule has 0 radical (unpaired) electrons. The summed E-state index contributed by atoms with van der Waals surface area (Å²) in [5.74, 6) is -1.77. The highest BCUT2D eigenvalue weighted by molar-refractivity contribution is 6.33. The molecule has 1 aromatic heterocycles. The van der Waals surface area contributed by atoms with Crippen molar-refractivity contribution >= 4 is 40.8 Å². The van der Waals surface area contributed by atoms with Crippen LogP contribution in [0.2, 0.25) is 10.2 Å². The zero-order valence-corrected chi connectivity index (χ0v) is 13.7. The Balaban J connectivity index is 2.01. The normalized spacial score (nSPS) is 11.1. The lowest BCUT2D eigenvalue weighted by Crippen LogP contribution is -2.21. The van der Waals surface area contributed by atoms with Gasteiger partial charge in [-0.05, 0) is 30.3 Å². The molecule has 0 aliphatic carbocycles. The van der Waals surface area contributed by atoms with Crippen LogP contribution in [0, 0.1) is 0 Å². The fourth-order valence-electron chi connectivity index (χ4n) is 1.73. The fourth-order valence-corrected chi connectivity index (χ4v) is 2.09. The smallest absolute Gasteiger partial charge is 0.416 e. The lowest BCUT2D eigenvalue weighted by Gasteiger charge is -2.12. The van der Waals surface area contributed by atoms with Crippen molar-refractivity contribution in [3.05, 3.63) is 57.8 Å². The Kier molecular flexibility index (Phi) is 5.86. The summed E-state index contributed by atoms with van der Waals surface area (Å²) in [5, 5.41) is 1.95. The second-order valence-corrected chi connectivity index (χ2v) is 5.42. The van der Waals surface area contributed by atoms with E-state index in [0.29, 0.717) is 6.07 Å². The van der Waals surface area contributed by atoms with Crippen molar-refractivity contribution in [2.75, 3.05) is 11.9 Å². The molecule has 5 nitrogen and oxygen atoms in total. The summed E-state index contributed by atoms with van der Waals surface area (Å²) in [7, 11) is 0. The van der Waals surface area contributed by atoms with Crippen molar-refractivity contribution in [1.29, 1.82) is 0 Å². The number of alkyl halides is 3. The van der Waals surface area contributed by atoms with Gasteiger partial charge in [-0.15, -0.1) is 0 Å². The summed E-state index contributed by atoms with van der Waals surface area (Å²) in [6.45, 7) is -0.739. The first-order valence-corrected chi connectivity index (χ1v) is 7.38. The van der Waals surface area contributed by atoms with Crippen LogP contribution < -0.4 is 5.32 Å². The van der Waals surface area contributed by atoms with Gasteiger partial charge in [-0.25, -0.2) is 9.78 Å². The van der Waals surface area contributed by atoms with Crippen LogP contribution in [0.1, 0.15) is 15.9 Å². The van der Waals surface area contributed by atoms with Crippen LogP contribution in [0.15, 0.2) is 36.5 Å². The molecule has 1 N–H and O–H groups in total. The van der Waals surface area contributed by atoms with Gasteiger partial charge in [-0.1, -0.05) is 23.2 Å². The highest BCUT2D eigenvalue weighted by atomic mass is 35.5. The number of aromatic nitrogens is 1. The van der Waals surface area contributed by atoms with Crippen molar-refractivity contribution in [1.82, 2.24) is 4.98 Å². The van der Waals surface area contributed by atoms with Crippen molar-refractivity contribution in [2.45, 2.75) is 6.18 Å². The molecule has 1 aromatic carbocycles. The van der Waals surface area contributed by atoms with E-state index < -0.39 is 30.2 Å². The van der Waals surface area contributed by atoms with Crippen molar-refractivity contribution < 1.29 is 27.5 Å². The third kappa shape index (κ3) is 5.07. The van der Waals surface area contributed by atoms with Crippen molar-refractivity contribution in [3.8, 4) is 0 Å². The number of esters is 1. The lowest BCUT2D eigenvalue weighted by atomic mass is 10.2. The standard InChI is InChI=1S/C15H9Cl2F3N2O3/c16-10-4-3-8(15(18,19)20)6-11(10)22-12(23)7-25-14(24)9-2-1-5-21-13(9)17/h1-6H,7H2,(H,22,23). The van der Waals surface area contributed by atoms with Gasteiger partial charge < -0.3 is 10.1 Å². The molecule has 0 bridgehead atoms. The van der Waals surface area contributed by atoms with E-state index in [0.717, 1.165) is 12.1 Å². The van der Waals surface area contributed by atoms with E-state index in [4.69, 9.17) is 27.9 Å². The molecule has 0 aliphatic rings. The Labute approximate surface area is 149 Å². The van der Waals surface area contributed by atoms with E-state index in [1.165, 1.54) is 18.3 Å². The first kappa shape index (κ1) is 19.0.